The molecule has 0 saturated heterocycles. The van der Waals surface area contributed by atoms with Crippen LogP contribution in [0.4, 0.5) is 5.69 Å². The Morgan fingerprint density at radius 1 is 1.04 bits per heavy atom. The second kappa shape index (κ2) is 9.43. The number of nitrogens with one attached hydrogen (secondary N) is 2. The van der Waals surface area contributed by atoms with Crippen molar-refractivity contribution >= 4 is 29.3 Å². The van der Waals surface area contributed by atoms with Gasteiger partial charge in [-0.05, 0) is 51.5 Å². The predicted molar refractivity (Wildman–Crippen MR) is 109 cm³/mol. The van der Waals surface area contributed by atoms with E-state index in [-0.39, 0.29) is 23.1 Å². The van der Waals surface area contributed by atoms with E-state index in [9.17, 15) is 9.59 Å². The summed E-state index contributed by atoms with van der Waals surface area (Å²) in [5.74, 6) is -0.298. The highest BCUT2D eigenvalue weighted by atomic mass is 32.2. The van der Waals surface area contributed by atoms with Crippen LogP contribution in [0, 0.1) is 6.92 Å². The van der Waals surface area contributed by atoms with Gasteiger partial charge in [-0.15, -0.1) is 11.8 Å². The van der Waals surface area contributed by atoms with E-state index in [1.165, 1.54) is 17.3 Å². The van der Waals surface area contributed by atoms with Gasteiger partial charge in [-0.2, -0.15) is 0 Å². The van der Waals surface area contributed by atoms with Crippen molar-refractivity contribution in [2.24, 2.45) is 0 Å². The molecule has 138 valence electrons. The molecule has 2 rings (SSSR count). The lowest BCUT2D eigenvalue weighted by molar-refractivity contribution is -0.115. The topological polar surface area (TPSA) is 58.2 Å². The third kappa shape index (κ3) is 5.63. The van der Waals surface area contributed by atoms with E-state index in [1.54, 1.807) is 18.2 Å². The maximum atomic E-state index is 12.6. The molecule has 0 radical (unpaired) electrons. The molecule has 0 heterocycles. The van der Waals surface area contributed by atoms with Crippen molar-refractivity contribution in [2.45, 2.75) is 50.3 Å². The Labute approximate surface area is 159 Å². The first-order valence-corrected chi connectivity index (χ1v) is 9.72. The molecule has 0 bridgehead atoms. The normalized spacial score (nSPS) is 12.9. The molecule has 0 aliphatic carbocycles. The molecular formula is C21H26N2O2S. The van der Waals surface area contributed by atoms with Crippen molar-refractivity contribution in [1.82, 2.24) is 5.32 Å². The predicted octanol–water partition coefficient (Wildman–Crippen LogP) is 4.64. The second-order valence-corrected chi connectivity index (χ2v) is 7.80. The fourth-order valence-electron chi connectivity index (χ4n) is 2.30. The van der Waals surface area contributed by atoms with Crippen molar-refractivity contribution in [2.75, 3.05) is 5.32 Å². The molecule has 0 aliphatic rings. The van der Waals surface area contributed by atoms with Gasteiger partial charge in [0.2, 0.25) is 5.91 Å². The molecule has 0 spiro atoms. The standard InChI is InChI=1S/C21H26N2O2S/c1-5-15(3)22-21(25)18-8-6-7-9-19(18)23-20(24)16(4)26-17-12-10-14(2)11-13-17/h6-13,15-16H,5H2,1-4H3,(H,22,25)(H,23,24)/t15-,16-/m0/s1. The number of amides is 2. The third-order valence-corrected chi connectivity index (χ3v) is 5.23. The fraction of sp³-hybridized carbons (Fsp3) is 0.333. The molecule has 0 saturated carbocycles. The average molecular weight is 371 g/mol. The lowest BCUT2D eigenvalue weighted by Gasteiger charge is -2.16. The van der Waals surface area contributed by atoms with E-state index in [2.05, 4.69) is 10.6 Å². The van der Waals surface area contributed by atoms with E-state index >= 15 is 0 Å². The van der Waals surface area contributed by atoms with Gasteiger partial charge in [-0.3, -0.25) is 9.59 Å². The van der Waals surface area contributed by atoms with Crippen LogP contribution in [0.25, 0.3) is 0 Å². The minimum absolute atomic E-state index is 0.0854. The number of aryl methyl sites for hydroxylation is 1. The summed E-state index contributed by atoms with van der Waals surface area (Å²) < 4.78 is 0. The van der Waals surface area contributed by atoms with E-state index in [0.29, 0.717) is 11.3 Å². The summed E-state index contributed by atoms with van der Waals surface area (Å²) in [5.41, 5.74) is 2.20. The number of carbonyl (C=O) groups excluding carboxylic acids is 2. The molecule has 0 fully saturated rings. The van der Waals surface area contributed by atoms with Crippen LogP contribution >= 0.6 is 11.8 Å². The van der Waals surface area contributed by atoms with Crippen LogP contribution in [0.1, 0.15) is 43.1 Å². The Morgan fingerprint density at radius 3 is 2.35 bits per heavy atom. The van der Waals surface area contributed by atoms with E-state index in [1.807, 2.05) is 58.0 Å². The van der Waals surface area contributed by atoms with Crippen LogP contribution in [0.5, 0.6) is 0 Å². The van der Waals surface area contributed by atoms with Crippen molar-refractivity contribution in [3.63, 3.8) is 0 Å². The first kappa shape index (κ1) is 20.0. The first-order valence-electron chi connectivity index (χ1n) is 8.84. The Morgan fingerprint density at radius 2 is 1.69 bits per heavy atom. The maximum Gasteiger partial charge on any atom is 0.253 e. The maximum absolute atomic E-state index is 12.6. The number of hydrogen-bond donors (Lipinski definition) is 2. The molecule has 0 aromatic heterocycles. The Kier molecular flexibility index (Phi) is 7.27. The van der Waals surface area contributed by atoms with Gasteiger partial charge in [0.1, 0.15) is 0 Å². The first-order chi connectivity index (χ1) is 12.4. The summed E-state index contributed by atoms with van der Waals surface area (Å²) in [5, 5.41) is 5.56. The van der Waals surface area contributed by atoms with Crippen LogP contribution in [-0.4, -0.2) is 23.1 Å². The SMILES string of the molecule is CC[C@H](C)NC(=O)c1ccccc1NC(=O)[C@H](C)Sc1ccc(C)cc1. The summed E-state index contributed by atoms with van der Waals surface area (Å²) in [4.78, 5) is 26.1. The Bertz CT molecular complexity index is 759. The smallest absolute Gasteiger partial charge is 0.253 e. The molecule has 2 aromatic rings. The molecule has 0 aliphatic heterocycles. The second-order valence-electron chi connectivity index (χ2n) is 6.39. The summed E-state index contributed by atoms with van der Waals surface area (Å²) in [7, 11) is 0. The summed E-state index contributed by atoms with van der Waals surface area (Å²) >= 11 is 1.50. The number of anilines is 1. The van der Waals surface area contributed by atoms with Gasteiger partial charge in [-0.25, -0.2) is 0 Å². The van der Waals surface area contributed by atoms with Crippen molar-refractivity contribution in [3.05, 3.63) is 59.7 Å². The summed E-state index contributed by atoms with van der Waals surface area (Å²) in [6.07, 6.45) is 0.852. The molecule has 2 amide bonds. The van der Waals surface area contributed by atoms with Gasteiger partial charge >= 0.3 is 0 Å². The zero-order valence-corrected chi connectivity index (χ0v) is 16.5. The van der Waals surface area contributed by atoms with Crippen LogP contribution < -0.4 is 10.6 Å². The highest BCUT2D eigenvalue weighted by Gasteiger charge is 2.18. The number of hydrogen-bond acceptors (Lipinski definition) is 3. The number of carbonyl (C=O) groups is 2. The van der Waals surface area contributed by atoms with E-state index in [0.717, 1.165) is 11.3 Å². The van der Waals surface area contributed by atoms with Crippen molar-refractivity contribution in [3.8, 4) is 0 Å². The molecule has 0 unspecified atom stereocenters. The Hall–Kier alpha value is -2.27. The number of benzene rings is 2. The van der Waals surface area contributed by atoms with Crippen molar-refractivity contribution in [1.29, 1.82) is 0 Å². The average Bonchev–Trinajstić information content (AvgIpc) is 2.63. The van der Waals surface area contributed by atoms with Gasteiger partial charge < -0.3 is 10.6 Å². The lowest BCUT2D eigenvalue weighted by atomic mass is 10.1. The van der Waals surface area contributed by atoms with Crippen LogP contribution in [0.15, 0.2) is 53.4 Å². The zero-order chi connectivity index (χ0) is 19.1. The number of thioether (sulfide) groups is 1. The molecule has 26 heavy (non-hydrogen) atoms. The van der Waals surface area contributed by atoms with Crippen LogP contribution in [0.3, 0.4) is 0 Å². The summed E-state index contributed by atoms with van der Waals surface area (Å²) in [6.45, 7) is 7.87. The Balaban J connectivity index is 2.06. The van der Waals surface area contributed by atoms with E-state index < -0.39 is 0 Å². The molecule has 2 aromatic carbocycles. The third-order valence-electron chi connectivity index (χ3n) is 4.12. The molecular weight excluding hydrogens is 344 g/mol. The van der Waals surface area contributed by atoms with Crippen molar-refractivity contribution < 1.29 is 9.59 Å². The molecule has 5 heteroatoms. The quantitative estimate of drug-likeness (QED) is 0.698. The molecule has 2 N–H and O–H groups in total. The van der Waals surface area contributed by atoms with Gasteiger partial charge in [0.05, 0.1) is 16.5 Å². The highest BCUT2D eigenvalue weighted by molar-refractivity contribution is 8.00. The van der Waals surface area contributed by atoms with E-state index in [4.69, 9.17) is 0 Å². The zero-order valence-electron chi connectivity index (χ0n) is 15.7. The lowest BCUT2D eigenvalue weighted by Crippen LogP contribution is -2.33. The number of para-hydroxylation sites is 1. The molecule has 2 atom stereocenters. The minimum atomic E-state index is -0.275. The van der Waals surface area contributed by atoms with Gasteiger partial charge in [0.15, 0.2) is 0 Å². The minimum Gasteiger partial charge on any atom is -0.350 e. The highest BCUT2D eigenvalue weighted by Crippen LogP contribution is 2.25. The monoisotopic (exact) mass is 370 g/mol. The fourth-order valence-corrected chi connectivity index (χ4v) is 3.17. The van der Waals surface area contributed by atoms with Crippen LogP contribution in [0.2, 0.25) is 0 Å². The van der Waals surface area contributed by atoms with Gasteiger partial charge in [-0.1, -0.05) is 36.8 Å². The summed E-state index contributed by atoms with van der Waals surface area (Å²) in [6, 6.07) is 15.3. The van der Waals surface area contributed by atoms with Gasteiger partial charge in [0, 0.05) is 10.9 Å². The largest absolute Gasteiger partial charge is 0.350 e. The molecule has 4 nitrogen and oxygen atoms in total. The number of rotatable bonds is 7. The van der Waals surface area contributed by atoms with Crippen LogP contribution in [-0.2, 0) is 4.79 Å². The van der Waals surface area contributed by atoms with Gasteiger partial charge in [0.25, 0.3) is 5.91 Å².